The Morgan fingerprint density at radius 3 is 1.14 bits per heavy atom. The van der Waals surface area contributed by atoms with Gasteiger partial charge in [0.25, 0.3) is 0 Å². The average molecular weight is 199 g/mol. The highest BCUT2D eigenvalue weighted by atomic mass is 16.2. The van der Waals surface area contributed by atoms with Crippen LogP contribution in [0, 0.1) is 10.8 Å². The Bertz CT molecular complexity index is 217. The molecule has 0 bridgehead atoms. The van der Waals surface area contributed by atoms with Crippen molar-refractivity contribution in [2.45, 2.75) is 41.5 Å². The van der Waals surface area contributed by atoms with Crippen LogP contribution in [0.2, 0.25) is 0 Å². The minimum Gasteiger partial charge on any atom is -0.285 e. The van der Waals surface area contributed by atoms with E-state index >= 15 is 0 Å². The Hall–Kier alpha value is -0.860. The predicted octanol–water partition coefficient (Wildman–Crippen LogP) is 2.06. The predicted molar refractivity (Wildman–Crippen MR) is 56.7 cm³/mol. The summed E-state index contributed by atoms with van der Waals surface area (Å²) in [6.07, 6.45) is 0. The number of carbonyl (C=O) groups is 2. The first-order valence-electron chi connectivity index (χ1n) is 4.80. The smallest absolute Gasteiger partial charge is 0.234 e. The second-order valence-electron chi connectivity index (χ2n) is 5.67. The topological polar surface area (TPSA) is 37.4 Å². The van der Waals surface area contributed by atoms with Gasteiger partial charge < -0.3 is 0 Å². The van der Waals surface area contributed by atoms with Crippen molar-refractivity contribution >= 4 is 11.8 Å². The van der Waals surface area contributed by atoms with Gasteiger partial charge in [0.05, 0.1) is 0 Å². The van der Waals surface area contributed by atoms with Crippen molar-refractivity contribution < 1.29 is 9.59 Å². The fourth-order valence-corrected chi connectivity index (χ4v) is 1.10. The van der Waals surface area contributed by atoms with Crippen LogP contribution in [0.15, 0.2) is 0 Å². The van der Waals surface area contributed by atoms with Gasteiger partial charge in [0, 0.05) is 17.9 Å². The normalized spacial score (nSPS) is 12.5. The zero-order valence-corrected chi connectivity index (χ0v) is 10.3. The molecule has 0 saturated carbocycles. The summed E-state index contributed by atoms with van der Waals surface area (Å²) in [7, 11) is 1.54. The zero-order valence-electron chi connectivity index (χ0n) is 10.3. The van der Waals surface area contributed by atoms with E-state index < -0.39 is 10.8 Å². The van der Waals surface area contributed by atoms with Crippen molar-refractivity contribution in [3.05, 3.63) is 0 Å². The molecule has 0 unspecified atom stereocenters. The van der Waals surface area contributed by atoms with Gasteiger partial charge in [0.1, 0.15) is 0 Å². The van der Waals surface area contributed by atoms with Gasteiger partial charge in [-0.1, -0.05) is 41.5 Å². The van der Waals surface area contributed by atoms with Crippen LogP contribution in [-0.4, -0.2) is 23.8 Å². The van der Waals surface area contributed by atoms with E-state index in [9.17, 15) is 9.59 Å². The van der Waals surface area contributed by atoms with Crippen molar-refractivity contribution in [1.82, 2.24) is 4.90 Å². The van der Waals surface area contributed by atoms with Gasteiger partial charge in [-0.2, -0.15) is 0 Å². The number of amides is 2. The first-order chi connectivity index (χ1) is 5.98. The number of carbonyl (C=O) groups excluding carboxylic acids is 2. The van der Waals surface area contributed by atoms with Crippen LogP contribution < -0.4 is 0 Å². The third kappa shape index (κ3) is 3.13. The fourth-order valence-electron chi connectivity index (χ4n) is 1.10. The van der Waals surface area contributed by atoms with E-state index in [0.717, 1.165) is 0 Å². The summed E-state index contributed by atoms with van der Waals surface area (Å²) in [5, 5.41) is 0. The van der Waals surface area contributed by atoms with Crippen LogP contribution in [0.1, 0.15) is 41.5 Å². The standard InChI is InChI=1S/C11H21NO2/c1-10(2,3)8(13)12(7)9(14)11(4,5)6/h1-7H3. The van der Waals surface area contributed by atoms with Crippen molar-refractivity contribution in [1.29, 1.82) is 0 Å². The summed E-state index contributed by atoms with van der Waals surface area (Å²) in [6.45, 7) is 10.8. The van der Waals surface area contributed by atoms with Crippen LogP contribution >= 0.6 is 0 Å². The Morgan fingerprint density at radius 1 is 0.786 bits per heavy atom. The third-order valence-corrected chi connectivity index (χ3v) is 1.89. The van der Waals surface area contributed by atoms with Gasteiger partial charge in [-0.25, -0.2) is 0 Å². The van der Waals surface area contributed by atoms with Gasteiger partial charge in [0.2, 0.25) is 11.8 Å². The molecule has 0 aliphatic heterocycles. The van der Waals surface area contributed by atoms with Crippen molar-refractivity contribution in [3.8, 4) is 0 Å². The Labute approximate surface area is 86.5 Å². The molecule has 0 aromatic carbocycles. The van der Waals surface area contributed by atoms with Crippen LogP contribution in [-0.2, 0) is 9.59 Å². The van der Waals surface area contributed by atoms with Gasteiger partial charge in [0.15, 0.2) is 0 Å². The average Bonchev–Trinajstić information content (AvgIpc) is 1.97. The Balaban J connectivity index is 4.74. The lowest BCUT2D eigenvalue weighted by molar-refractivity contribution is -0.152. The summed E-state index contributed by atoms with van der Waals surface area (Å²) in [6, 6.07) is 0. The number of rotatable bonds is 0. The maximum atomic E-state index is 11.8. The molecule has 0 heterocycles. The Kier molecular flexibility index (Phi) is 3.49. The first-order valence-corrected chi connectivity index (χ1v) is 4.80. The Morgan fingerprint density at radius 2 is 1.00 bits per heavy atom. The summed E-state index contributed by atoms with van der Waals surface area (Å²) in [5.41, 5.74) is -1.01. The molecule has 0 rings (SSSR count). The molecule has 0 N–H and O–H groups in total. The molecule has 0 aromatic heterocycles. The fraction of sp³-hybridized carbons (Fsp3) is 0.818. The first kappa shape index (κ1) is 13.1. The van der Waals surface area contributed by atoms with Gasteiger partial charge in [-0.05, 0) is 0 Å². The summed E-state index contributed by atoms with van der Waals surface area (Å²) < 4.78 is 0. The maximum Gasteiger partial charge on any atom is 0.234 e. The van der Waals surface area contributed by atoms with E-state index in [4.69, 9.17) is 0 Å². The lowest BCUT2D eigenvalue weighted by Gasteiger charge is -2.29. The second-order valence-corrected chi connectivity index (χ2v) is 5.67. The van der Waals surface area contributed by atoms with Gasteiger partial charge in [-0.3, -0.25) is 14.5 Å². The van der Waals surface area contributed by atoms with E-state index in [1.807, 2.05) is 41.5 Å². The van der Waals surface area contributed by atoms with Crippen molar-refractivity contribution in [2.75, 3.05) is 7.05 Å². The van der Waals surface area contributed by atoms with E-state index in [-0.39, 0.29) is 11.8 Å². The second kappa shape index (κ2) is 3.71. The highest BCUT2D eigenvalue weighted by Crippen LogP contribution is 2.22. The molecule has 82 valence electrons. The summed E-state index contributed by atoms with van der Waals surface area (Å²) >= 11 is 0. The van der Waals surface area contributed by atoms with E-state index in [1.54, 1.807) is 7.05 Å². The quantitative estimate of drug-likeness (QED) is 0.599. The third-order valence-electron chi connectivity index (χ3n) is 1.89. The minimum atomic E-state index is -0.504. The number of nitrogens with zero attached hydrogens (tertiary/aromatic N) is 1. The molecule has 0 spiro atoms. The van der Waals surface area contributed by atoms with Crippen molar-refractivity contribution in [2.24, 2.45) is 10.8 Å². The molecular formula is C11H21NO2. The molecule has 0 atom stereocenters. The molecule has 0 aliphatic carbocycles. The number of hydrogen-bond donors (Lipinski definition) is 0. The van der Waals surface area contributed by atoms with Crippen LogP contribution in [0.5, 0.6) is 0 Å². The molecule has 14 heavy (non-hydrogen) atoms. The summed E-state index contributed by atoms with van der Waals surface area (Å²) in [4.78, 5) is 24.7. The maximum absolute atomic E-state index is 11.8. The highest BCUT2D eigenvalue weighted by Gasteiger charge is 2.33. The monoisotopic (exact) mass is 199 g/mol. The van der Waals surface area contributed by atoms with E-state index in [0.29, 0.717) is 0 Å². The largest absolute Gasteiger partial charge is 0.285 e. The number of imide groups is 1. The molecule has 0 fully saturated rings. The molecule has 0 saturated heterocycles. The SMILES string of the molecule is CN(C(=O)C(C)(C)C)C(=O)C(C)(C)C. The van der Waals surface area contributed by atoms with Crippen LogP contribution in [0.4, 0.5) is 0 Å². The molecule has 0 aromatic rings. The minimum absolute atomic E-state index is 0.141. The zero-order chi connectivity index (χ0) is 11.7. The van der Waals surface area contributed by atoms with Gasteiger partial charge in [-0.15, -0.1) is 0 Å². The molecule has 2 amide bonds. The van der Waals surface area contributed by atoms with Crippen molar-refractivity contribution in [3.63, 3.8) is 0 Å². The molecular weight excluding hydrogens is 178 g/mol. The van der Waals surface area contributed by atoms with Gasteiger partial charge >= 0.3 is 0 Å². The van der Waals surface area contributed by atoms with Crippen LogP contribution in [0.3, 0.4) is 0 Å². The molecule has 0 aliphatic rings. The lowest BCUT2D eigenvalue weighted by Crippen LogP contribution is -2.45. The van der Waals surface area contributed by atoms with E-state index in [1.165, 1.54) is 4.90 Å². The molecule has 3 nitrogen and oxygen atoms in total. The molecule has 3 heteroatoms. The summed E-state index contributed by atoms with van der Waals surface area (Å²) in [5.74, 6) is -0.283. The van der Waals surface area contributed by atoms with E-state index in [2.05, 4.69) is 0 Å². The number of hydrogen-bond acceptors (Lipinski definition) is 2. The molecule has 0 radical (unpaired) electrons. The lowest BCUT2D eigenvalue weighted by atomic mass is 9.91. The van der Waals surface area contributed by atoms with Crippen LogP contribution in [0.25, 0.3) is 0 Å². The highest BCUT2D eigenvalue weighted by molar-refractivity contribution is 5.99.